The van der Waals surface area contributed by atoms with Gasteiger partial charge in [0.2, 0.25) is 0 Å². The maximum atomic E-state index is 10.2. The molecule has 0 fully saturated rings. The Morgan fingerprint density at radius 1 is 1.50 bits per heavy atom. The summed E-state index contributed by atoms with van der Waals surface area (Å²) in [4.78, 5) is 10.2. The lowest BCUT2D eigenvalue weighted by atomic mass is 10.3. The van der Waals surface area contributed by atoms with E-state index in [-0.39, 0.29) is 22.3 Å². The predicted octanol–water partition coefficient (Wildman–Crippen LogP) is 1.41. The first-order valence-electron chi connectivity index (χ1n) is 2.99. The van der Waals surface area contributed by atoms with Crippen molar-refractivity contribution in [3.63, 3.8) is 0 Å². The lowest BCUT2D eigenvalue weighted by molar-refractivity contribution is -0.136. The minimum atomic E-state index is -0.984. The van der Waals surface area contributed by atoms with Gasteiger partial charge in [0.15, 0.2) is 5.15 Å². The number of hydrogen-bond donors (Lipinski definition) is 1. The van der Waals surface area contributed by atoms with Gasteiger partial charge >= 0.3 is 5.97 Å². The molecule has 12 heavy (non-hydrogen) atoms. The number of nitrogens with zero attached hydrogens (tertiary/aromatic N) is 2. The van der Waals surface area contributed by atoms with E-state index in [1.165, 1.54) is 6.07 Å². The van der Waals surface area contributed by atoms with Crippen molar-refractivity contribution in [2.24, 2.45) is 0 Å². The molecule has 0 aromatic carbocycles. The van der Waals surface area contributed by atoms with Crippen LogP contribution in [0.2, 0.25) is 10.2 Å². The number of carboxylic acid groups (broad SMARTS) is 1. The Morgan fingerprint density at radius 3 is 2.67 bits per heavy atom. The molecule has 0 atom stereocenters. The maximum absolute atomic E-state index is 10.2. The second kappa shape index (κ2) is 3.69. The summed E-state index contributed by atoms with van der Waals surface area (Å²) in [6.45, 7) is 0. The van der Waals surface area contributed by atoms with Crippen LogP contribution in [0.25, 0.3) is 0 Å². The van der Waals surface area contributed by atoms with Gasteiger partial charge in [0.1, 0.15) is 0 Å². The number of hydrogen-bond acceptors (Lipinski definition) is 3. The molecule has 0 saturated heterocycles. The molecule has 0 aliphatic heterocycles. The van der Waals surface area contributed by atoms with E-state index in [1.807, 2.05) is 0 Å². The zero-order valence-corrected chi connectivity index (χ0v) is 7.30. The average molecular weight is 207 g/mol. The lowest BCUT2D eigenvalue weighted by Gasteiger charge is -1.96. The second-order valence-corrected chi connectivity index (χ2v) is 2.81. The van der Waals surface area contributed by atoms with Gasteiger partial charge in [-0.15, -0.1) is 5.10 Å². The van der Waals surface area contributed by atoms with Crippen LogP contribution in [-0.4, -0.2) is 21.3 Å². The van der Waals surface area contributed by atoms with Crippen LogP contribution >= 0.6 is 23.2 Å². The van der Waals surface area contributed by atoms with Crippen LogP contribution in [0.4, 0.5) is 0 Å². The number of rotatable bonds is 2. The van der Waals surface area contributed by atoms with Gasteiger partial charge in [0, 0.05) is 0 Å². The fourth-order valence-electron chi connectivity index (χ4n) is 0.632. The molecule has 1 heterocycles. The molecule has 0 radical (unpaired) electrons. The van der Waals surface area contributed by atoms with Crippen LogP contribution in [0.3, 0.4) is 0 Å². The third kappa shape index (κ3) is 2.32. The summed E-state index contributed by atoms with van der Waals surface area (Å²) >= 11 is 11.0. The predicted molar refractivity (Wildman–Crippen MR) is 43.4 cm³/mol. The van der Waals surface area contributed by atoms with Crippen LogP contribution in [0, 0.1) is 0 Å². The largest absolute Gasteiger partial charge is 0.481 e. The molecule has 64 valence electrons. The van der Waals surface area contributed by atoms with Gasteiger partial charge < -0.3 is 5.11 Å². The van der Waals surface area contributed by atoms with E-state index in [2.05, 4.69) is 10.2 Å². The highest BCUT2D eigenvalue weighted by Crippen LogP contribution is 2.18. The fraction of sp³-hybridized carbons (Fsp3) is 0.167. The van der Waals surface area contributed by atoms with Crippen LogP contribution in [0.1, 0.15) is 5.69 Å². The third-order valence-electron chi connectivity index (χ3n) is 1.09. The van der Waals surface area contributed by atoms with Crippen LogP contribution < -0.4 is 0 Å². The Labute approximate surface area is 78.1 Å². The Balaban J connectivity index is 2.89. The second-order valence-electron chi connectivity index (χ2n) is 2.04. The highest BCUT2D eigenvalue weighted by Gasteiger charge is 2.05. The number of halogens is 2. The van der Waals surface area contributed by atoms with Crippen LogP contribution in [0.15, 0.2) is 6.07 Å². The molecule has 6 heteroatoms. The third-order valence-corrected chi connectivity index (χ3v) is 1.75. The van der Waals surface area contributed by atoms with Crippen molar-refractivity contribution in [3.05, 3.63) is 21.9 Å². The van der Waals surface area contributed by atoms with Crippen molar-refractivity contribution in [1.82, 2.24) is 10.2 Å². The van der Waals surface area contributed by atoms with Gasteiger partial charge in [0.25, 0.3) is 0 Å². The van der Waals surface area contributed by atoms with Crippen LogP contribution in [-0.2, 0) is 11.2 Å². The van der Waals surface area contributed by atoms with E-state index in [9.17, 15) is 4.79 Å². The van der Waals surface area contributed by atoms with Gasteiger partial charge in [-0.25, -0.2) is 0 Å². The normalized spacial score (nSPS) is 9.83. The quantitative estimate of drug-likeness (QED) is 0.796. The molecule has 0 aliphatic carbocycles. The van der Waals surface area contributed by atoms with Crippen molar-refractivity contribution in [2.45, 2.75) is 6.42 Å². The highest BCUT2D eigenvalue weighted by atomic mass is 35.5. The summed E-state index contributed by atoms with van der Waals surface area (Å²) in [7, 11) is 0. The van der Waals surface area contributed by atoms with E-state index in [0.29, 0.717) is 0 Å². The summed E-state index contributed by atoms with van der Waals surface area (Å²) in [5.41, 5.74) is 0.289. The maximum Gasteiger partial charge on any atom is 0.309 e. The molecule has 0 unspecified atom stereocenters. The molecule has 1 N–H and O–H groups in total. The molecule has 0 spiro atoms. The van der Waals surface area contributed by atoms with Gasteiger partial charge in [-0.2, -0.15) is 5.10 Å². The number of aliphatic carboxylic acids is 1. The minimum Gasteiger partial charge on any atom is -0.481 e. The van der Waals surface area contributed by atoms with Gasteiger partial charge in [0.05, 0.1) is 17.1 Å². The molecule has 0 bridgehead atoms. The molecule has 0 saturated carbocycles. The van der Waals surface area contributed by atoms with Gasteiger partial charge in [-0.3, -0.25) is 4.79 Å². The van der Waals surface area contributed by atoms with E-state index >= 15 is 0 Å². The molecule has 0 aliphatic rings. The Morgan fingerprint density at radius 2 is 2.17 bits per heavy atom. The zero-order valence-electron chi connectivity index (χ0n) is 5.79. The number of carbonyl (C=O) groups is 1. The van der Waals surface area contributed by atoms with E-state index < -0.39 is 5.97 Å². The topological polar surface area (TPSA) is 63.1 Å². The summed E-state index contributed by atoms with van der Waals surface area (Å²) in [5.74, 6) is -0.984. The van der Waals surface area contributed by atoms with Crippen molar-refractivity contribution < 1.29 is 9.90 Å². The number of aromatic nitrogens is 2. The summed E-state index contributed by atoms with van der Waals surface area (Å²) in [6, 6.07) is 1.38. The Kier molecular flexibility index (Phi) is 2.83. The molecule has 1 rings (SSSR count). The summed E-state index contributed by atoms with van der Waals surface area (Å²) < 4.78 is 0. The number of carboxylic acids is 1. The first-order chi connectivity index (χ1) is 5.59. The van der Waals surface area contributed by atoms with Crippen molar-refractivity contribution >= 4 is 29.2 Å². The fourth-order valence-corrected chi connectivity index (χ4v) is 0.888. The minimum absolute atomic E-state index is 0.0748. The molecular weight excluding hydrogens is 203 g/mol. The highest BCUT2D eigenvalue weighted by molar-refractivity contribution is 6.41. The molecule has 4 nitrogen and oxygen atoms in total. The zero-order chi connectivity index (χ0) is 9.14. The first kappa shape index (κ1) is 9.22. The summed E-state index contributed by atoms with van der Waals surface area (Å²) in [5, 5.41) is 15.7. The summed E-state index contributed by atoms with van der Waals surface area (Å²) in [6.07, 6.45) is -0.204. The van der Waals surface area contributed by atoms with E-state index in [4.69, 9.17) is 28.3 Å². The van der Waals surface area contributed by atoms with Gasteiger partial charge in [-0.1, -0.05) is 23.2 Å². The first-order valence-corrected chi connectivity index (χ1v) is 3.74. The SMILES string of the molecule is O=C(O)Cc1cc(Cl)c(Cl)nn1. The lowest BCUT2D eigenvalue weighted by Crippen LogP contribution is -2.03. The van der Waals surface area contributed by atoms with Crippen molar-refractivity contribution in [3.8, 4) is 0 Å². The molecule has 1 aromatic rings. The van der Waals surface area contributed by atoms with Crippen molar-refractivity contribution in [1.29, 1.82) is 0 Å². The molecule has 0 amide bonds. The van der Waals surface area contributed by atoms with E-state index in [1.54, 1.807) is 0 Å². The average Bonchev–Trinajstić information content (AvgIpc) is 1.96. The van der Waals surface area contributed by atoms with Crippen LogP contribution in [0.5, 0.6) is 0 Å². The van der Waals surface area contributed by atoms with Crippen molar-refractivity contribution in [2.75, 3.05) is 0 Å². The molecule has 1 aromatic heterocycles. The van der Waals surface area contributed by atoms with E-state index in [0.717, 1.165) is 0 Å². The Bertz CT molecular complexity index is 316. The monoisotopic (exact) mass is 206 g/mol. The van der Waals surface area contributed by atoms with Gasteiger partial charge in [-0.05, 0) is 6.07 Å². The Hall–Kier alpha value is -0.870. The molecular formula is C6H4Cl2N2O2. The smallest absolute Gasteiger partial charge is 0.309 e. The standard InChI is InChI=1S/C6H4Cl2N2O2/c7-4-1-3(2-5(11)12)9-10-6(4)8/h1H,2H2,(H,11,12).